The van der Waals surface area contributed by atoms with Gasteiger partial charge in [0.1, 0.15) is 0 Å². The van der Waals surface area contributed by atoms with Crippen LogP contribution in [0.15, 0.2) is 36.9 Å². The van der Waals surface area contributed by atoms with E-state index < -0.39 is 0 Å². The molecule has 3 N–H and O–H groups in total. The van der Waals surface area contributed by atoms with Gasteiger partial charge in [0, 0.05) is 6.04 Å². The van der Waals surface area contributed by atoms with Crippen molar-refractivity contribution in [1.29, 1.82) is 0 Å². The average molecular weight is 202 g/mol. The highest BCUT2D eigenvalue weighted by molar-refractivity contribution is 5.39. The number of hydrazine groups is 1. The van der Waals surface area contributed by atoms with E-state index in [1.165, 1.54) is 17.5 Å². The van der Waals surface area contributed by atoms with Crippen LogP contribution >= 0.6 is 0 Å². The summed E-state index contributed by atoms with van der Waals surface area (Å²) >= 11 is 0. The summed E-state index contributed by atoms with van der Waals surface area (Å²) < 4.78 is 0. The van der Waals surface area contributed by atoms with E-state index in [9.17, 15) is 0 Å². The third-order valence-electron chi connectivity index (χ3n) is 3.22. The Morgan fingerprint density at radius 3 is 3.00 bits per heavy atom. The molecule has 2 heteroatoms. The molecular weight excluding hydrogens is 184 g/mol. The van der Waals surface area contributed by atoms with E-state index in [0.29, 0.717) is 12.0 Å². The van der Waals surface area contributed by atoms with Crippen molar-refractivity contribution < 1.29 is 0 Å². The predicted octanol–water partition coefficient (Wildman–Crippen LogP) is 2.12. The Balaban J connectivity index is 1.96. The van der Waals surface area contributed by atoms with Gasteiger partial charge in [-0.05, 0) is 36.3 Å². The summed E-state index contributed by atoms with van der Waals surface area (Å²) in [4.78, 5) is 0. The van der Waals surface area contributed by atoms with E-state index in [4.69, 9.17) is 5.84 Å². The van der Waals surface area contributed by atoms with Crippen molar-refractivity contribution >= 4 is 0 Å². The van der Waals surface area contributed by atoms with E-state index >= 15 is 0 Å². The molecule has 0 heterocycles. The van der Waals surface area contributed by atoms with E-state index in [1.807, 2.05) is 6.08 Å². The summed E-state index contributed by atoms with van der Waals surface area (Å²) in [5.41, 5.74) is 5.86. The molecule has 2 rings (SSSR count). The predicted molar refractivity (Wildman–Crippen MR) is 63.4 cm³/mol. The van der Waals surface area contributed by atoms with Gasteiger partial charge in [-0.2, -0.15) is 0 Å². The minimum absolute atomic E-state index is 0.362. The second-order valence-corrected chi connectivity index (χ2v) is 4.22. The Bertz CT molecular complexity index is 346. The molecule has 0 spiro atoms. The first-order valence-corrected chi connectivity index (χ1v) is 5.50. The van der Waals surface area contributed by atoms with Gasteiger partial charge >= 0.3 is 0 Å². The third kappa shape index (κ3) is 2.11. The van der Waals surface area contributed by atoms with E-state index in [2.05, 4.69) is 36.3 Å². The highest BCUT2D eigenvalue weighted by atomic mass is 15.2. The van der Waals surface area contributed by atoms with Gasteiger partial charge in [-0.1, -0.05) is 30.3 Å². The number of benzene rings is 1. The van der Waals surface area contributed by atoms with Gasteiger partial charge in [0.15, 0.2) is 0 Å². The van der Waals surface area contributed by atoms with Crippen LogP contribution in [-0.4, -0.2) is 6.04 Å². The maximum atomic E-state index is 5.51. The molecule has 0 fully saturated rings. The molecule has 1 aromatic rings. The molecule has 0 saturated heterocycles. The maximum absolute atomic E-state index is 5.51. The first-order valence-electron chi connectivity index (χ1n) is 5.50. The lowest BCUT2D eigenvalue weighted by Crippen LogP contribution is -2.37. The highest BCUT2D eigenvalue weighted by Gasteiger charge is 2.27. The largest absolute Gasteiger partial charge is 0.271 e. The van der Waals surface area contributed by atoms with Gasteiger partial charge in [-0.3, -0.25) is 11.3 Å². The van der Waals surface area contributed by atoms with Crippen molar-refractivity contribution in [1.82, 2.24) is 5.43 Å². The second kappa shape index (κ2) is 4.60. The first-order chi connectivity index (χ1) is 7.35. The summed E-state index contributed by atoms with van der Waals surface area (Å²) in [5.74, 6) is 6.19. The molecule has 0 radical (unpaired) electrons. The lowest BCUT2D eigenvalue weighted by atomic mass is 9.74. The smallest absolute Gasteiger partial charge is 0.0250 e. The molecule has 0 saturated carbocycles. The standard InChI is InChI=1S/C13H18N2/c1-2-5-12(15-14)9-11-8-10-6-3-4-7-13(10)11/h2-4,6-7,11-12,15H,1,5,8-9,14H2. The van der Waals surface area contributed by atoms with Crippen LogP contribution in [0.2, 0.25) is 0 Å². The first kappa shape index (κ1) is 10.4. The molecule has 80 valence electrons. The van der Waals surface area contributed by atoms with Crippen LogP contribution < -0.4 is 11.3 Å². The summed E-state index contributed by atoms with van der Waals surface area (Å²) in [5, 5.41) is 0. The van der Waals surface area contributed by atoms with Gasteiger partial charge in [0.2, 0.25) is 0 Å². The summed E-state index contributed by atoms with van der Waals surface area (Å²) in [7, 11) is 0. The molecule has 2 unspecified atom stereocenters. The zero-order valence-corrected chi connectivity index (χ0v) is 8.95. The van der Waals surface area contributed by atoms with Crippen molar-refractivity contribution in [3.8, 4) is 0 Å². The van der Waals surface area contributed by atoms with E-state index in [1.54, 1.807) is 0 Å². The average Bonchev–Trinajstić information content (AvgIpc) is 2.24. The quantitative estimate of drug-likeness (QED) is 0.436. The molecule has 2 atom stereocenters. The SMILES string of the molecule is C=CCC(CC1Cc2ccccc21)NN. The fourth-order valence-electron chi connectivity index (χ4n) is 2.35. The van der Waals surface area contributed by atoms with Gasteiger partial charge in [0.25, 0.3) is 0 Å². The Hall–Kier alpha value is -1.12. The molecule has 2 nitrogen and oxygen atoms in total. The zero-order valence-electron chi connectivity index (χ0n) is 8.95. The van der Waals surface area contributed by atoms with Crippen LogP contribution in [0.25, 0.3) is 0 Å². The minimum atomic E-state index is 0.362. The summed E-state index contributed by atoms with van der Waals surface area (Å²) in [6, 6.07) is 9.02. The van der Waals surface area contributed by atoms with E-state index in [0.717, 1.165) is 12.8 Å². The van der Waals surface area contributed by atoms with Crippen molar-refractivity contribution in [2.45, 2.75) is 31.2 Å². The summed E-state index contributed by atoms with van der Waals surface area (Å²) in [6.07, 6.45) is 5.18. The molecule has 1 aliphatic rings. The molecular formula is C13H18N2. The Kier molecular flexibility index (Phi) is 3.19. The third-order valence-corrected chi connectivity index (χ3v) is 3.22. The van der Waals surface area contributed by atoms with Crippen LogP contribution in [0, 0.1) is 0 Å². The zero-order chi connectivity index (χ0) is 10.7. The Morgan fingerprint density at radius 2 is 2.33 bits per heavy atom. The number of rotatable bonds is 5. The van der Waals surface area contributed by atoms with Crippen molar-refractivity contribution in [3.05, 3.63) is 48.0 Å². The van der Waals surface area contributed by atoms with Gasteiger partial charge in [0.05, 0.1) is 0 Å². The molecule has 0 aliphatic heterocycles. The van der Waals surface area contributed by atoms with Crippen LogP contribution in [0.3, 0.4) is 0 Å². The van der Waals surface area contributed by atoms with Gasteiger partial charge < -0.3 is 0 Å². The molecule has 1 aromatic carbocycles. The van der Waals surface area contributed by atoms with Crippen LogP contribution in [0.5, 0.6) is 0 Å². The lowest BCUT2D eigenvalue weighted by Gasteiger charge is -2.32. The van der Waals surface area contributed by atoms with Gasteiger partial charge in [-0.25, -0.2) is 0 Å². The van der Waals surface area contributed by atoms with E-state index in [-0.39, 0.29) is 0 Å². The van der Waals surface area contributed by atoms with Crippen molar-refractivity contribution in [2.75, 3.05) is 0 Å². The fraction of sp³-hybridized carbons (Fsp3) is 0.385. The van der Waals surface area contributed by atoms with Crippen LogP contribution in [0.4, 0.5) is 0 Å². The number of nitrogens with two attached hydrogens (primary N) is 1. The number of fused-ring (bicyclic) bond motifs is 1. The van der Waals surface area contributed by atoms with Gasteiger partial charge in [-0.15, -0.1) is 6.58 Å². The molecule has 0 amide bonds. The maximum Gasteiger partial charge on any atom is 0.0250 e. The Morgan fingerprint density at radius 1 is 1.53 bits per heavy atom. The highest BCUT2D eigenvalue weighted by Crippen LogP contribution is 2.38. The number of hydrogen-bond donors (Lipinski definition) is 2. The van der Waals surface area contributed by atoms with Crippen LogP contribution in [-0.2, 0) is 6.42 Å². The molecule has 15 heavy (non-hydrogen) atoms. The van der Waals surface area contributed by atoms with Crippen LogP contribution in [0.1, 0.15) is 29.9 Å². The summed E-state index contributed by atoms with van der Waals surface area (Å²) in [6.45, 7) is 3.75. The second-order valence-electron chi connectivity index (χ2n) is 4.22. The minimum Gasteiger partial charge on any atom is -0.271 e. The molecule has 1 aliphatic carbocycles. The normalized spacial score (nSPS) is 20.2. The van der Waals surface area contributed by atoms with Crippen molar-refractivity contribution in [2.24, 2.45) is 5.84 Å². The molecule has 0 aromatic heterocycles. The number of hydrogen-bond acceptors (Lipinski definition) is 2. The van der Waals surface area contributed by atoms with Crippen molar-refractivity contribution in [3.63, 3.8) is 0 Å². The molecule has 0 bridgehead atoms. The topological polar surface area (TPSA) is 38.0 Å². The Labute approximate surface area is 91.2 Å². The lowest BCUT2D eigenvalue weighted by molar-refractivity contribution is 0.426. The fourth-order valence-corrected chi connectivity index (χ4v) is 2.35. The monoisotopic (exact) mass is 202 g/mol. The number of nitrogens with one attached hydrogen (secondary N) is 1.